The van der Waals surface area contributed by atoms with Crippen molar-refractivity contribution in [2.75, 3.05) is 0 Å². The van der Waals surface area contributed by atoms with Crippen LogP contribution >= 0.6 is 33.9 Å². The van der Waals surface area contributed by atoms with E-state index >= 15 is 0 Å². The van der Waals surface area contributed by atoms with Gasteiger partial charge >= 0.3 is 0 Å². The van der Waals surface area contributed by atoms with Crippen LogP contribution in [0.5, 0.6) is 0 Å². The Morgan fingerprint density at radius 3 is 2.23 bits per heavy atom. The first kappa shape index (κ1) is 20.2. The predicted molar refractivity (Wildman–Crippen MR) is 122 cm³/mol. The van der Waals surface area contributed by atoms with Crippen LogP contribution in [0.2, 0.25) is 0 Å². The van der Waals surface area contributed by atoms with Crippen molar-refractivity contribution in [1.29, 1.82) is 0 Å². The fourth-order valence-corrected chi connectivity index (χ4v) is 5.37. The maximum atomic E-state index is 14.4. The van der Waals surface area contributed by atoms with E-state index in [2.05, 4.69) is 0 Å². The van der Waals surface area contributed by atoms with Crippen molar-refractivity contribution in [1.82, 2.24) is 4.57 Å². The number of Topliss-reactive ketones (excluding diaryl/α,β-unsaturated/α-hetero) is 2. The molecular weight excluding hydrogens is 538 g/mol. The number of fused-ring (bicyclic) bond motifs is 2. The molecule has 0 bridgehead atoms. The van der Waals surface area contributed by atoms with Crippen LogP contribution in [0.25, 0.3) is 27.6 Å². The van der Waals surface area contributed by atoms with Crippen molar-refractivity contribution in [3.05, 3.63) is 85.1 Å². The summed E-state index contributed by atoms with van der Waals surface area (Å²) in [5.41, 5.74) is 1.04. The highest BCUT2D eigenvalue weighted by Gasteiger charge is 2.41. The van der Waals surface area contributed by atoms with Gasteiger partial charge in [-0.1, -0.05) is 30.3 Å². The zero-order valence-corrected chi connectivity index (χ0v) is 18.8. The first-order valence-corrected chi connectivity index (χ1v) is 11.0. The fourth-order valence-electron chi connectivity index (χ4n) is 3.79. The second kappa shape index (κ2) is 7.16. The molecule has 31 heavy (non-hydrogen) atoms. The minimum atomic E-state index is -1.49. The monoisotopic (exact) mass is 549 g/mol. The Bertz CT molecular complexity index is 1420. The second-order valence-electron chi connectivity index (χ2n) is 7.08. The molecule has 0 saturated carbocycles. The Hall–Kier alpha value is -2.72. The summed E-state index contributed by atoms with van der Waals surface area (Å²) < 4.78 is 44.9. The molecule has 154 valence electrons. The lowest BCUT2D eigenvalue weighted by Crippen LogP contribution is -2.06. The smallest absolute Gasteiger partial charge is 0.200 e. The Balaban J connectivity index is 1.60. The van der Waals surface area contributed by atoms with Crippen molar-refractivity contribution < 1.29 is 22.8 Å². The topological polar surface area (TPSA) is 39.1 Å². The summed E-state index contributed by atoms with van der Waals surface area (Å²) in [6.45, 7) is 0. The number of thiophene rings is 1. The van der Waals surface area contributed by atoms with Gasteiger partial charge in [-0.25, -0.2) is 13.2 Å². The SMILES string of the molecule is Cn1c(-c2ccccc2)cc2sc(/C=C3\C(=O)c4c(F)c(F)c(I)c(F)c4C3=O)cc21. The molecule has 0 atom stereocenters. The lowest BCUT2D eigenvalue weighted by Gasteiger charge is -2.04. The van der Waals surface area contributed by atoms with Crippen LogP contribution in [0.15, 0.2) is 48.0 Å². The average molecular weight is 549 g/mol. The lowest BCUT2D eigenvalue weighted by molar-refractivity contribution is 0.0988. The number of rotatable bonds is 2. The van der Waals surface area contributed by atoms with Crippen LogP contribution in [0.4, 0.5) is 13.2 Å². The second-order valence-corrected chi connectivity index (χ2v) is 9.27. The number of allylic oxidation sites excluding steroid dienone is 1. The van der Waals surface area contributed by atoms with Gasteiger partial charge in [0.1, 0.15) is 0 Å². The third kappa shape index (κ3) is 2.92. The van der Waals surface area contributed by atoms with Gasteiger partial charge in [0.25, 0.3) is 0 Å². The summed E-state index contributed by atoms with van der Waals surface area (Å²) in [6.07, 6.45) is 1.32. The Morgan fingerprint density at radius 2 is 1.58 bits per heavy atom. The lowest BCUT2D eigenvalue weighted by atomic mass is 10.1. The van der Waals surface area contributed by atoms with E-state index in [0.717, 1.165) is 21.5 Å². The molecule has 0 aliphatic heterocycles. The van der Waals surface area contributed by atoms with Crippen molar-refractivity contribution in [3.63, 3.8) is 0 Å². The van der Waals surface area contributed by atoms with Crippen molar-refractivity contribution >= 4 is 61.8 Å². The molecule has 0 spiro atoms. The van der Waals surface area contributed by atoms with E-state index in [1.54, 1.807) is 6.07 Å². The molecule has 2 heterocycles. The Labute approximate surface area is 191 Å². The van der Waals surface area contributed by atoms with Crippen LogP contribution in [-0.2, 0) is 7.05 Å². The molecule has 0 amide bonds. The number of hydrogen-bond donors (Lipinski definition) is 0. The molecule has 8 heteroatoms. The van der Waals surface area contributed by atoms with E-state index in [1.165, 1.54) is 40.0 Å². The van der Waals surface area contributed by atoms with Gasteiger partial charge in [0.2, 0.25) is 11.6 Å². The van der Waals surface area contributed by atoms with E-state index < -0.39 is 43.7 Å². The Morgan fingerprint density at radius 1 is 0.935 bits per heavy atom. The minimum absolute atomic E-state index is 0.371. The van der Waals surface area contributed by atoms with Crippen molar-refractivity contribution in [2.24, 2.45) is 7.05 Å². The zero-order chi connectivity index (χ0) is 22.0. The normalized spacial score (nSPS) is 14.8. The molecule has 0 unspecified atom stereocenters. The molecule has 0 fully saturated rings. The third-order valence-electron chi connectivity index (χ3n) is 5.32. The van der Waals surface area contributed by atoms with Crippen LogP contribution < -0.4 is 0 Å². The highest BCUT2D eigenvalue weighted by atomic mass is 127. The predicted octanol–water partition coefficient (Wildman–Crippen LogP) is 6.39. The van der Waals surface area contributed by atoms with Gasteiger partial charge in [-0.05, 0) is 46.4 Å². The molecular formula is C23H11F3INO2S. The number of carbonyl (C=O) groups is 2. The Kier molecular flexibility index (Phi) is 4.67. The van der Waals surface area contributed by atoms with E-state index in [4.69, 9.17) is 0 Å². The minimum Gasteiger partial charge on any atom is -0.343 e. The molecule has 4 aromatic rings. The van der Waals surface area contributed by atoms with E-state index in [9.17, 15) is 22.8 Å². The van der Waals surface area contributed by atoms with Gasteiger partial charge in [-0.15, -0.1) is 11.3 Å². The molecule has 3 nitrogen and oxygen atoms in total. The largest absolute Gasteiger partial charge is 0.343 e. The number of nitrogens with zero attached hydrogens (tertiary/aromatic N) is 1. The first-order valence-electron chi connectivity index (χ1n) is 9.11. The van der Waals surface area contributed by atoms with E-state index in [0.29, 0.717) is 4.88 Å². The van der Waals surface area contributed by atoms with Crippen LogP contribution in [0.1, 0.15) is 25.6 Å². The summed E-state index contributed by atoms with van der Waals surface area (Å²) >= 11 is 2.63. The number of benzene rings is 2. The van der Waals surface area contributed by atoms with Gasteiger partial charge < -0.3 is 4.57 Å². The average Bonchev–Trinajstić information content (AvgIpc) is 3.38. The number of hydrogen-bond acceptors (Lipinski definition) is 3. The number of aryl methyl sites for hydroxylation is 1. The summed E-state index contributed by atoms with van der Waals surface area (Å²) in [7, 11) is 1.91. The quantitative estimate of drug-likeness (QED) is 0.0956. The van der Waals surface area contributed by atoms with Crippen LogP contribution in [0, 0.1) is 21.0 Å². The summed E-state index contributed by atoms with van der Waals surface area (Å²) in [5.74, 6) is -6.10. The standard InChI is InChI=1S/C23H11F3INO2S/c1-28-13(10-5-3-2-4-6-10)9-15-14(28)8-11(31-15)7-12-22(29)16-17(23(12)30)19(25)21(27)20(26)18(16)24/h2-9H,1H3/b12-7+. The zero-order valence-electron chi connectivity index (χ0n) is 15.8. The molecule has 0 radical (unpaired) electrons. The summed E-state index contributed by atoms with van der Waals surface area (Å²) in [4.78, 5) is 25.9. The molecule has 1 aliphatic carbocycles. The van der Waals surface area contributed by atoms with Gasteiger partial charge in [-0.2, -0.15) is 0 Å². The molecule has 5 rings (SSSR count). The highest BCUT2D eigenvalue weighted by Crippen LogP contribution is 2.38. The maximum Gasteiger partial charge on any atom is 0.200 e. The van der Waals surface area contributed by atoms with E-state index in [1.807, 2.05) is 48.0 Å². The maximum absolute atomic E-state index is 14.4. The summed E-state index contributed by atoms with van der Waals surface area (Å²) in [5, 5.41) is 0. The van der Waals surface area contributed by atoms with Gasteiger partial charge in [0.05, 0.1) is 30.5 Å². The number of halogens is 4. The number of ketones is 2. The molecule has 1 aliphatic rings. The first-order chi connectivity index (χ1) is 14.8. The van der Waals surface area contributed by atoms with Crippen LogP contribution in [-0.4, -0.2) is 16.1 Å². The van der Waals surface area contributed by atoms with Crippen molar-refractivity contribution in [3.8, 4) is 11.3 Å². The van der Waals surface area contributed by atoms with Crippen molar-refractivity contribution in [2.45, 2.75) is 0 Å². The summed E-state index contributed by atoms with van der Waals surface area (Å²) in [6, 6.07) is 13.6. The van der Waals surface area contributed by atoms with E-state index in [-0.39, 0.29) is 5.57 Å². The van der Waals surface area contributed by atoms with Gasteiger partial charge in [0, 0.05) is 17.6 Å². The third-order valence-corrected chi connectivity index (χ3v) is 7.28. The molecule has 0 N–H and O–H groups in total. The van der Waals surface area contributed by atoms with Gasteiger partial charge in [0.15, 0.2) is 17.5 Å². The molecule has 2 aromatic carbocycles. The van der Waals surface area contributed by atoms with Gasteiger partial charge in [-0.3, -0.25) is 9.59 Å². The molecule has 2 aromatic heterocycles. The number of aromatic nitrogens is 1. The highest BCUT2D eigenvalue weighted by molar-refractivity contribution is 14.1. The van der Waals surface area contributed by atoms with Crippen LogP contribution in [0.3, 0.4) is 0 Å². The molecule has 0 saturated heterocycles. The fraction of sp³-hybridized carbons (Fsp3) is 0.0435. The number of carbonyl (C=O) groups excluding carboxylic acids is 2.